The third kappa shape index (κ3) is 6.67. The van der Waals surface area contributed by atoms with E-state index in [0.717, 1.165) is 12.8 Å². The van der Waals surface area contributed by atoms with Crippen LogP contribution in [0.2, 0.25) is 0 Å². The second-order valence-corrected chi connectivity index (χ2v) is 6.89. The Morgan fingerprint density at radius 2 is 2.07 bits per heavy atom. The average molecular weight is 407 g/mol. The number of nitrogens with one attached hydrogen (secondary N) is 1. The molecule has 1 amide bonds. The van der Waals surface area contributed by atoms with Crippen LogP contribution in [-0.2, 0) is 25.4 Å². The molecule has 1 aliphatic rings. The van der Waals surface area contributed by atoms with Gasteiger partial charge in [0.05, 0.1) is 12.0 Å². The molecule has 0 saturated heterocycles. The zero-order valence-electron chi connectivity index (χ0n) is 16.8. The molecule has 10 heteroatoms. The number of benzene rings is 1. The van der Waals surface area contributed by atoms with E-state index in [1.54, 1.807) is 26.0 Å². The minimum Gasteiger partial charge on any atom is -0.534 e. The molecule has 2 rings (SSSR count). The zero-order valence-corrected chi connectivity index (χ0v) is 16.8. The number of unbranched alkanes of at least 4 members (excludes halogenated alkanes) is 1. The standard InChI is InChI=1S/C19H26BNO8/c1-4-5-9-16(22)21-15-10-13-7-6-8-14(17(13)29-20(15)25)18(23)26-11-27-19(24)28-12(2)3/h6-8,12,15,25H,4-5,9-11H2,1-3H3,(H,21,22)/t15-/m0/s1. The van der Waals surface area contributed by atoms with Crippen molar-refractivity contribution in [2.24, 2.45) is 0 Å². The smallest absolute Gasteiger partial charge is 0.534 e. The van der Waals surface area contributed by atoms with Crippen molar-refractivity contribution < 1.29 is 38.3 Å². The summed E-state index contributed by atoms with van der Waals surface area (Å²) in [6.45, 7) is 4.69. The van der Waals surface area contributed by atoms with Crippen molar-refractivity contribution in [2.45, 2.75) is 58.5 Å². The fraction of sp³-hybridized carbons (Fsp3) is 0.526. The quantitative estimate of drug-likeness (QED) is 0.381. The fourth-order valence-corrected chi connectivity index (χ4v) is 2.76. The van der Waals surface area contributed by atoms with Gasteiger partial charge in [0.1, 0.15) is 11.3 Å². The minimum atomic E-state index is -1.31. The summed E-state index contributed by atoms with van der Waals surface area (Å²) in [5.41, 5.74) is 0.726. The van der Waals surface area contributed by atoms with Gasteiger partial charge in [-0.25, -0.2) is 9.59 Å². The first-order valence-corrected chi connectivity index (χ1v) is 9.58. The van der Waals surface area contributed by atoms with Crippen LogP contribution in [0.4, 0.5) is 4.79 Å². The van der Waals surface area contributed by atoms with E-state index in [4.69, 9.17) is 14.1 Å². The van der Waals surface area contributed by atoms with E-state index in [1.807, 2.05) is 6.92 Å². The van der Waals surface area contributed by atoms with Crippen LogP contribution in [-0.4, -0.2) is 49.0 Å². The summed E-state index contributed by atoms with van der Waals surface area (Å²) in [6.07, 6.45) is 1.02. The predicted molar refractivity (Wildman–Crippen MR) is 103 cm³/mol. The van der Waals surface area contributed by atoms with Gasteiger partial charge < -0.3 is 29.2 Å². The van der Waals surface area contributed by atoms with Crippen molar-refractivity contribution in [2.75, 3.05) is 6.79 Å². The van der Waals surface area contributed by atoms with E-state index in [-0.39, 0.29) is 23.3 Å². The number of rotatable bonds is 8. The van der Waals surface area contributed by atoms with Gasteiger partial charge in [-0.05, 0) is 38.3 Å². The lowest BCUT2D eigenvalue weighted by atomic mass is 9.72. The Morgan fingerprint density at radius 3 is 2.76 bits per heavy atom. The zero-order chi connectivity index (χ0) is 21.4. The molecule has 0 aliphatic carbocycles. The van der Waals surface area contributed by atoms with E-state index in [0.29, 0.717) is 18.4 Å². The Hall–Kier alpha value is -2.75. The number of amides is 1. The first kappa shape index (κ1) is 22.5. The molecule has 1 aromatic carbocycles. The predicted octanol–water partition coefficient (Wildman–Crippen LogP) is 1.99. The number of ether oxygens (including phenoxy) is 3. The highest BCUT2D eigenvalue weighted by Crippen LogP contribution is 2.30. The molecule has 0 aromatic heterocycles. The summed E-state index contributed by atoms with van der Waals surface area (Å²) in [6, 6.07) is 4.85. The van der Waals surface area contributed by atoms with Crippen molar-refractivity contribution in [1.82, 2.24) is 5.32 Å². The normalized spacial score (nSPS) is 15.2. The van der Waals surface area contributed by atoms with Crippen molar-refractivity contribution >= 4 is 25.2 Å². The SMILES string of the molecule is CCCCC(=O)N[C@H]1Cc2cccc(C(=O)OCOC(=O)OC(C)C)c2OB1O. The summed E-state index contributed by atoms with van der Waals surface area (Å²) in [7, 11) is -1.31. The lowest BCUT2D eigenvalue weighted by Gasteiger charge is -2.29. The van der Waals surface area contributed by atoms with Crippen molar-refractivity contribution in [3.63, 3.8) is 0 Å². The van der Waals surface area contributed by atoms with E-state index in [1.165, 1.54) is 6.07 Å². The van der Waals surface area contributed by atoms with Gasteiger partial charge >= 0.3 is 19.2 Å². The van der Waals surface area contributed by atoms with Gasteiger partial charge in [-0.3, -0.25) is 4.79 Å². The number of carbonyl (C=O) groups is 3. The molecule has 29 heavy (non-hydrogen) atoms. The molecule has 0 saturated carbocycles. The third-order valence-corrected chi connectivity index (χ3v) is 4.14. The second kappa shape index (κ2) is 10.7. The molecule has 0 bridgehead atoms. The van der Waals surface area contributed by atoms with Gasteiger partial charge in [-0.15, -0.1) is 0 Å². The number of esters is 1. The topological polar surface area (TPSA) is 120 Å². The van der Waals surface area contributed by atoms with Crippen LogP contribution < -0.4 is 9.97 Å². The lowest BCUT2D eigenvalue weighted by Crippen LogP contribution is -2.53. The maximum absolute atomic E-state index is 12.3. The number of carbonyl (C=O) groups excluding carboxylic acids is 3. The summed E-state index contributed by atoms with van der Waals surface area (Å²) in [5.74, 6) is -1.39. The molecular formula is C19H26BNO8. The van der Waals surface area contributed by atoms with Crippen LogP contribution in [0, 0.1) is 0 Å². The highest BCUT2D eigenvalue weighted by atomic mass is 16.8. The molecule has 2 N–H and O–H groups in total. The molecular weight excluding hydrogens is 381 g/mol. The molecule has 0 fully saturated rings. The Balaban J connectivity index is 1.98. The third-order valence-electron chi connectivity index (χ3n) is 4.14. The highest BCUT2D eigenvalue weighted by Gasteiger charge is 2.37. The Kier molecular flexibility index (Phi) is 8.32. The number of para-hydroxylation sites is 1. The first-order valence-electron chi connectivity index (χ1n) is 9.58. The Labute approximate surface area is 169 Å². The van der Waals surface area contributed by atoms with Gasteiger partial charge in [-0.1, -0.05) is 25.5 Å². The van der Waals surface area contributed by atoms with Gasteiger partial charge in [0.2, 0.25) is 12.7 Å². The summed E-state index contributed by atoms with van der Waals surface area (Å²) >= 11 is 0. The Morgan fingerprint density at radius 1 is 1.31 bits per heavy atom. The molecule has 9 nitrogen and oxygen atoms in total. The monoisotopic (exact) mass is 407 g/mol. The van der Waals surface area contributed by atoms with Crippen LogP contribution in [0.3, 0.4) is 0 Å². The molecule has 1 aliphatic heterocycles. The highest BCUT2D eigenvalue weighted by molar-refractivity contribution is 6.47. The molecule has 0 spiro atoms. The van der Waals surface area contributed by atoms with E-state index >= 15 is 0 Å². The van der Waals surface area contributed by atoms with Crippen LogP contribution >= 0.6 is 0 Å². The van der Waals surface area contributed by atoms with Gasteiger partial charge in [-0.2, -0.15) is 0 Å². The molecule has 158 valence electrons. The van der Waals surface area contributed by atoms with E-state index in [9.17, 15) is 19.4 Å². The Bertz CT molecular complexity index is 739. The van der Waals surface area contributed by atoms with Crippen LogP contribution in [0.15, 0.2) is 18.2 Å². The summed E-state index contributed by atoms with van der Waals surface area (Å²) in [5, 5.41) is 13.0. The van der Waals surface area contributed by atoms with E-state index in [2.05, 4.69) is 10.1 Å². The number of hydrogen-bond acceptors (Lipinski definition) is 8. The molecule has 0 unspecified atom stereocenters. The minimum absolute atomic E-state index is 0.0816. The largest absolute Gasteiger partial charge is 0.547 e. The summed E-state index contributed by atoms with van der Waals surface area (Å²) < 4.78 is 19.8. The maximum atomic E-state index is 12.3. The van der Waals surface area contributed by atoms with Crippen molar-refractivity contribution in [1.29, 1.82) is 0 Å². The molecule has 1 atom stereocenters. The fourth-order valence-electron chi connectivity index (χ4n) is 2.76. The van der Waals surface area contributed by atoms with Crippen LogP contribution in [0.25, 0.3) is 0 Å². The van der Waals surface area contributed by atoms with Gasteiger partial charge in [0.25, 0.3) is 0 Å². The molecule has 0 radical (unpaired) electrons. The van der Waals surface area contributed by atoms with Crippen LogP contribution in [0.1, 0.15) is 56.0 Å². The second-order valence-electron chi connectivity index (χ2n) is 6.89. The van der Waals surface area contributed by atoms with Crippen molar-refractivity contribution in [3.05, 3.63) is 29.3 Å². The van der Waals surface area contributed by atoms with Crippen LogP contribution in [0.5, 0.6) is 5.75 Å². The van der Waals surface area contributed by atoms with Gasteiger partial charge in [0.15, 0.2) is 0 Å². The first-order chi connectivity index (χ1) is 13.8. The number of fused-ring (bicyclic) bond motifs is 1. The lowest BCUT2D eigenvalue weighted by molar-refractivity contribution is -0.121. The van der Waals surface area contributed by atoms with Crippen molar-refractivity contribution in [3.8, 4) is 5.75 Å². The van der Waals surface area contributed by atoms with E-state index < -0.39 is 32.0 Å². The van der Waals surface area contributed by atoms with Gasteiger partial charge in [0, 0.05) is 6.42 Å². The molecule has 1 aromatic rings. The summed E-state index contributed by atoms with van der Waals surface area (Å²) in [4.78, 5) is 35.6. The number of hydrogen-bond donors (Lipinski definition) is 2. The average Bonchev–Trinajstić information content (AvgIpc) is 2.65. The molecule has 1 heterocycles. The maximum Gasteiger partial charge on any atom is 0.547 e.